The van der Waals surface area contributed by atoms with E-state index < -0.39 is 0 Å². The smallest absolute Gasteiger partial charge is 0.160 e. The van der Waals surface area contributed by atoms with Crippen molar-refractivity contribution in [2.24, 2.45) is 0 Å². The van der Waals surface area contributed by atoms with Gasteiger partial charge < -0.3 is 9.47 Å². The molecule has 0 N–H and O–H groups in total. The molecule has 1 aliphatic carbocycles. The van der Waals surface area contributed by atoms with Crippen LogP contribution in [0, 0.1) is 0 Å². The first-order valence-corrected chi connectivity index (χ1v) is 7.81. The molecule has 1 saturated heterocycles. The van der Waals surface area contributed by atoms with Gasteiger partial charge in [-0.3, -0.25) is 0 Å². The van der Waals surface area contributed by atoms with Gasteiger partial charge in [0.1, 0.15) is 11.3 Å². The highest BCUT2D eigenvalue weighted by atomic mass is 15.2. The standard InChI is InChI=1S/C16H22N4/c1-11(2)19-9-7-12(10-19)15-18-14-4-3-8-17-16(14)20(15)13-5-6-13/h3-4,8,11-13H,5-7,9-10H2,1-2H3. The van der Waals surface area contributed by atoms with E-state index in [1.54, 1.807) is 0 Å². The molecule has 0 radical (unpaired) electrons. The number of fused-ring (bicyclic) bond motifs is 1. The maximum absolute atomic E-state index is 4.92. The fourth-order valence-corrected chi connectivity index (χ4v) is 3.39. The van der Waals surface area contributed by atoms with Gasteiger partial charge in [0.25, 0.3) is 0 Å². The Morgan fingerprint density at radius 3 is 2.80 bits per heavy atom. The van der Waals surface area contributed by atoms with Gasteiger partial charge in [-0.25, -0.2) is 9.97 Å². The lowest BCUT2D eigenvalue weighted by molar-refractivity contribution is 0.271. The van der Waals surface area contributed by atoms with E-state index >= 15 is 0 Å². The van der Waals surface area contributed by atoms with Crippen LogP contribution in [0.5, 0.6) is 0 Å². The summed E-state index contributed by atoms with van der Waals surface area (Å²) in [7, 11) is 0. The third-order valence-electron chi connectivity index (χ3n) is 4.70. The van der Waals surface area contributed by atoms with Crippen molar-refractivity contribution in [1.29, 1.82) is 0 Å². The molecule has 106 valence electrons. The summed E-state index contributed by atoms with van der Waals surface area (Å²) in [6.45, 7) is 6.92. The van der Waals surface area contributed by atoms with Crippen molar-refractivity contribution in [1.82, 2.24) is 19.4 Å². The molecule has 2 aromatic rings. The van der Waals surface area contributed by atoms with Gasteiger partial charge in [0.05, 0.1) is 0 Å². The SMILES string of the molecule is CC(C)N1CCC(c2nc3cccnc3n2C2CC2)C1. The molecule has 0 spiro atoms. The highest BCUT2D eigenvalue weighted by molar-refractivity contribution is 5.71. The molecular formula is C16H22N4. The van der Waals surface area contributed by atoms with Crippen LogP contribution in [-0.4, -0.2) is 38.6 Å². The summed E-state index contributed by atoms with van der Waals surface area (Å²) in [4.78, 5) is 12.1. The first kappa shape index (κ1) is 12.3. The minimum Gasteiger partial charge on any atom is -0.309 e. The number of likely N-dealkylation sites (tertiary alicyclic amines) is 1. The Kier molecular flexibility index (Phi) is 2.81. The molecule has 0 bridgehead atoms. The Morgan fingerprint density at radius 1 is 1.25 bits per heavy atom. The number of imidazole rings is 1. The van der Waals surface area contributed by atoms with Gasteiger partial charge in [-0.1, -0.05) is 0 Å². The predicted molar refractivity (Wildman–Crippen MR) is 79.9 cm³/mol. The highest BCUT2D eigenvalue weighted by Crippen LogP contribution is 2.41. The van der Waals surface area contributed by atoms with Crippen LogP contribution >= 0.6 is 0 Å². The molecule has 1 saturated carbocycles. The number of hydrogen-bond donors (Lipinski definition) is 0. The lowest BCUT2D eigenvalue weighted by Gasteiger charge is -2.20. The van der Waals surface area contributed by atoms with Gasteiger partial charge in [0.2, 0.25) is 0 Å². The van der Waals surface area contributed by atoms with Gasteiger partial charge in [-0.2, -0.15) is 0 Å². The molecule has 20 heavy (non-hydrogen) atoms. The Morgan fingerprint density at radius 2 is 2.10 bits per heavy atom. The first-order chi connectivity index (χ1) is 9.74. The Hall–Kier alpha value is -1.42. The fourth-order valence-electron chi connectivity index (χ4n) is 3.39. The fraction of sp³-hybridized carbons (Fsp3) is 0.625. The van der Waals surface area contributed by atoms with Gasteiger partial charge in [-0.15, -0.1) is 0 Å². The topological polar surface area (TPSA) is 34.0 Å². The largest absolute Gasteiger partial charge is 0.309 e. The number of hydrogen-bond acceptors (Lipinski definition) is 3. The molecular weight excluding hydrogens is 248 g/mol. The highest BCUT2D eigenvalue weighted by Gasteiger charge is 2.34. The van der Waals surface area contributed by atoms with E-state index in [0.717, 1.165) is 17.7 Å². The third-order valence-corrected chi connectivity index (χ3v) is 4.70. The van der Waals surface area contributed by atoms with Crippen LogP contribution in [0.1, 0.15) is 50.9 Å². The van der Waals surface area contributed by atoms with Crippen molar-refractivity contribution in [2.45, 2.75) is 51.1 Å². The summed E-state index contributed by atoms with van der Waals surface area (Å²) in [5, 5.41) is 0. The van der Waals surface area contributed by atoms with Gasteiger partial charge in [0.15, 0.2) is 5.65 Å². The van der Waals surface area contributed by atoms with E-state index in [1.807, 2.05) is 12.3 Å². The maximum Gasteiger partial charge on any atom is 0.160 e. The molecule has 4 heteroatoms. The van der Waals surface area contributed by atoms with Crippen LogP contribution < -0.4 is 0 Å². The van der Waals surface area contributed by atoms with Crippen molar-refractivity contribution in [3.05, 3.63) is 24.2 Å². The van der Waals surface area contributed by atoms with Crippen LogP contribution in [0.4, 0.5) is 0 Å². The summed E-state index contributed by atoms with van der Waals surface area (Å²) in [6, 6.07) is 5.38. The molecule has 1 unspecified atom stereocenters. The van der Waals surface area contributed by atoms with Crippen molar-refractivity contribution < 1.29 is 0 Å². The second kappa shape index (κ2) is 4.55. The zero-order valence-corrected chi connectivity index (χ0v) is 12.3. The van der Waals surface area contributed by atoms with E-state index in [1.165, 1.54) is 31.6 Å². The summed E-state index contributed by atoms with van der Waals surface area (Å²) < 4.78 is 2.43. The van der Waals surface area contributed by atoms with Crippen LogP contribution in [0.3, 0.4) is 0 Å². The number of aromatic nitrogens is 3. The van der Waals surface area contributed by atoms with Gasteiger partial charge in [0, 0.05) is 30.7 Å². The molecule has 4 rings (SSSR count). The van der Waals surface area contributed by atoms with Crippen LogP contribution in [0.15, 0.2) is 18.3 Å². The van der Waals surface area contributed by atoms with Gasteiger partial charge >= 0.3 is 0 Å². The van der Waals surface area contributed by atoms with Crippen molar-refractivity contribution in [3.8, 4) is 0 Å². The number of pyridine rings is 1. The number of rotatable bonds is 3. The summed E-state index contributed by atoms with van der Waals surface area (Å²) in [6.07, 6.45) is 5.70. The zero-order chi connectivity index (χ0) is 13.7. The second-order valence-corrected chi connectivity index (χ2v) is 6.49. The molecule has 4 nitrogen and oxygen atoms in total. The molecule has 0 aromatic carbocycles. The Balaban J connectivity index is 1.74. The first-order valence-electron chi connectivity index (χ1n) is 7.81. The summed E-state index contributed by atoms with van der Waals surface area (Å²) in [5.74, 6) is 1.86. The van der Waals surface area contributed by atoms with E-state index in [0.29, 0.717) is 18.0 Å². The molecule has 2 aromatic heterocycles. The third kappa shape index (κ3) is 1.94. The average molecular weight is 270 g/mol. The average Bonchev–Trinajstić information content (AvgIpc) is 3.04. The van der Waals surface area contributed by atoms with E-state index in [2.05, 4.69) is 34.4 Å². The number of nitrogens with zero attached hydrogens (tertiary/aromatic N) is 4. The van der Waals surface area contributed by atoms with E-state index in [-0.39, 0.29) is 0 Å². The minimum absolute atomic E-state index is 0.576. The summed E-state index contributed by atoms with van der Waals surface area (Å²) in [5.41, 5.74) is 2.16. The van der Waals surface area contributed by atoms with Gasteiger partial charge in [-0.05, 0) is 51.8 Å². The zero-order valence-electron chi connectivity index (χ0n) is 12.3. The maximum atomic E-state index is 4.92. The van der Waals surface area contributed by atoms with Crippen molar-refractivity contribution in [2.75, 3.05) is 13.1 Å². The molecule has 1 atom stereocenters. The normalized spacial score (nSPS) is 24.1. The lowest BCUT2D eigenvalue weighted by Crippen LogP contribution is -2.28. The molecule has 1 aliphatic heterocycles. The second-order valence-electron chi connectivity index (χ2n) is 6.49. The predicted octanol–water partition coefficient (Wildman–Crippen LogP) is 2.96. The molecule has 2 fully saturated rings. The Bertz CT molecular complexity index is 626. The molecule has 0 amide bonds. The van der Waals surface area contributed by atoms with Crippen LogP contribution in [0.2, 0.25) is 0 Å². The van der Waals surface area contributed by atoms with Crippen molar-refractivity contribution >= 4 is 11.2 Å². The lowest BCUT2D eigenvalue weighted by atomic mass is 10.1. The van der Waals surface area contributed by atoms with E-state index in [4.69, 9.17) is 4.98 Å². The van der Waals surface area contributed by atoms with Crippen LogP contribution in [-0.2, 0) is 0 Å². The molecule has 2 aliphatic rings. The molecule has 3 heterocycles. The summed E-state index contributed by atoms with van der Waals surface area (Å²) >= 11 is 0. The monoisotopic (exact) mass is 270 g/mol. The quantitative estimate of drug-likeness (QED) is 0.860. The van der Waals surface area contributed by atoms with E-state index in [9.17, 15) is 0 Å². The minimum atomic E-state index is 0.576. The van der Waals surface area contributed by atoms with Crippen LogP contribution in [0.25, 0.3) is 11.2 Å². The van der Waals surface area contributed by atoms with Crippen molar-refractivity contribution in [3.63, 3.8) is 0 Å². The Labute approximate surface area is 119 Å².